The molecule has 3 rings (SSSR count). The van der Waals surface area contributed by atoms with Gasteiger partial charge in [-0.3, -0.25) is 4.79 Å². The predicted octanol–water partition coefficient (Wildman–Crippen LogP) is 0.937. The van der Waals surface area contributed by atoms with Gasteiger partial charge in [0.2, 0.25) is 5.91 Å². The van der Waals surface area contributed by atoms with Gasteiger partial charge in [-0.2, -0.15) is 0 Å². The number of fused-ring (bicyclic) bond motifs is 1. The Morgan fingerprint density at radius 1 is 1.21 bits per heavy atom. The van der Waals surface area contributed by atoms with E-state index in [0.29, 0.717) is 11.2 Å². The van der Waals surface area contributed by atoms with Crippen molar-refractivity contribution < 1.29 is 4.79 Å². The SMILES string of the molecule is O=C(Nc1ccc2[nH]c(=O)[nH]c2c1)C1CCCCN1. The number of aromatic nitrogens is 2. The van der Waals surface area contributed by atoms with E-state index >= 15 is 0 Å². The number of amides is 1. The molecule has 0 aliphatic carbocycles. The van der Waals surface area contributed by atoms with Gasteiger partial charge >= 0.3 is 5.69 Å². The Morgan fingerprint density at radius 2 is 2.05 bits per heavy atom. The standard InChI is InChI=1S/C13H16N4O2/c18-12(10-3-1-2-6-14-10)15-8-4-5-9-11(7-8)17-13(19)16-9/h4-5,7,10,14H,1-3,6H2,(H,15,18)(H2,16,17,19). The summed E-state index contributed by atoms with van der Waals surface area (Å²) in [6, 6.07) is 5.20. The molecule has 1 amide bonds. The average Bonchev–Trinajstić information content (AvgIpc) is 2.79. The Kier molecular flexibility index (Phi) is 3.08. The molecule has 4 N–H and O–H groups in total. The van der Waals surface area contributed by atoms with Crippen LogP contribution in [-0.4, -0.2) is 28.5 Å². The van der Waals surface area contributed by atoms with Gasteiger partial charge in [0, 0.05) is 5.69 Å². The summed E-state index contributed by atoms with van der Waals surface area (Å²) in [5, 5.41) is 6.08. The minimum Gasteiger partial charge on any atom is -0.325 e. The van der Waals surface area contributed by atoms with E-state index < -0.39 is 0 Å². The molecule has 2 aromatic rings. The molecular formula is C13H16N4O2. The molecule has 19 heavy (non-hydrogen) atoms. The molecule has 1 aromatic carbocycles. The largest absolute Gasteiger partial charge is 0.325 e. The molecule has 0 radical (unpaired) electrons. The van der Waals surface area contributed by atoms with Gasteiger partial charge in [0.25, 0.3) is 0 Å². The van der Waals surface area contributed by atoms with E-state index in [1.165, 1.54) is 0 Å². The fourth-order valence-corrected chi connectivity index (χ4v) is 2.42. The zero-order valence-electron chi connectivity index (χ0n) is 10.5. The van der Waals surface area contributed by atoms with E-state index in [2.05, 4.69) is 20.6 Å². The molecule has 1 saturated heterocycles. The summed E-state index contributed by atoms with van der Waals surface area (Å²) in [7, 11) is 0. The Balaban J connectivity index is 1.76. The van der Waals surface area contributed by atoms with Crippen LogP contribution >= 0.6 is 0 Å². The third kappa shape index (κ3) is 2.53. The molecule has 1 unspecified atom stereocenters. The number of anilines is 1. The molecule has 0 saturated carbocycles. The molecule has 0 spiro atoms. The van der Waals surface area contributed by atoms with Crippen LogP contribution in [0.4, 0.5) is 5.69 Å². The number of hydrogen-bond acceptors (Lipinski definition) is 3. The minimum atomic E-state index is -0.243. The average molecular weight is 260 g/mol. The highest BCUT2D eigenvalue weighted by molar-refractivity contribution is 5.96. The number of carbonyl (C=O) groups is 1. The van der Waals surface area contributed by atoms with Crippen LogP contribution in [0.5, 0.6) is 0 Å². The van der Waals surface area contributed by atoms with Crippen molar-refractivity contribution in [2.45, 2.75) is 25.3 Å². The molecule has 1 aliphatic heterocycles. The van der Waals surface area contributed by atoms with Crippen molar-refractivity contribution in [1.82, 2.24) is 15.3 Å². The van der Waals surface area contributed by atoms with Crippen LogP contribution in [0.25, 0.3) is 11.0 Å². The van der Waals surface area contributed by atoms with Crippen molar-refractivity contribution >= 4 is 22.6 Å². The Bertz CT molecular complexity index is 652. The van der Waals surface area contributed by atoms with E-state index in [4.69, 9.17) is 0 Å². The third-order valence-electron chi connectivity index (χ3n) is 3.41. The quantitative estimate of drug-likeness (QED) is 0.647. The number of rotatable bonds is 2. The second kappa shape index (κ2) is 4.89. The third-order valence-corrected chi connectivity index (χ3v) is 3.41. The van der Waals surface area contributed by atoms with Crippen LogP contribution in [0.15, 0.2) is 23.0 Å². The summed E-state index contributed by atoms with van der Waals surface area (Å²) < 4.78 is 0. The van der Waals surface area contributed by atoms with Gasteiger partial charge in [-0.05, 0) is 37.6 Å². The van der Waals surface area contributed by atoms with Gasteiger partial charge in [0.15, 0.2) is 0 Å². The number of hydrogen-bond donors (Lipinski definition) is 4. The second-order valence-corrected chi connectivity index (χ2v) is 4.83. The zero-order valence-corrected chi connectivity index (χ0v) is 10.5. The Labute approximate surface area is 109 Å². The Hall–Kier alpha value is -2.08. The van der Waals surface area contributed by atoms with E-state index in [1.807, 2.05) is 0 Å². The number of imidazole rings is 1. The fraction of sp³-hybridized carbons (Fsp3) is 0.385. The van der Waals surface area contributed by atoms with Crippen LogP contribution in [-0.2, 0) is 4.79 Å². The monoisotopic (exact) mass is 260 g/mol. The number of piperidine rings is 1. The summed E-state index contributed by atoms with van der Waals surface area (Å²) >= 11 is 0. The topological polar surface area (TPSA) is 89.8 Å². The summed E-state index contributed by atoms with van der Waals surface area (Å²) in [5.74, 6) is -0.0167. The van der Waals surface area contributed by atoms with E-state index in [9.17, 15) is 9.59 Å². The smallest absolute Gasteiger partial charge is 0.323 e. The van der Waals surface area contributed by atoms with Crippen molar-refractivity contribution in [3.8, 4) is 0 Å². The first-order valence-electron chi connectivity index (χ1n) is 6.49. The normalized spacial score (nSPS) is 19.5. The summed E-state index contributed by atoms with van der Waals surface area (Å²) in [5.41, 5.74) is 1.88. The van der Waals surface area contributed by atoms with Crippen LogP contribution in [0.2, 0.25) is 0 Å². The molecule has 1 atom stereocenters. The van der Waals surface area contributed by atoms with Crippen molar-refractivity contribution in [3.05, 3.63) is 28.7 Å². The fourth-order valence-electron chi connectivity index (χ4n) is 2.42. The minimum absolute atomic E-state index is 0.0167. The van der Waals surface area contributed by atoms with Gasteiger partial charge in [-0.25, -0.2) is 4.79 Å². The van der Waals surface area contributed by atoms with Crippen molar-refractivity contribution in [3.63, 3.8) is 0 Å². The van der Waals surface area contributed by atoms with Gasteiger partial charge in [0.1, 0.15) is 0 Å². The van der Waals surface area contributed by atoms with Gasteiger partial charge in [0.05, 0.1) is 17.1 Å². The van der Waals surface area contributed by atoms with Gasteiger partial charge < -0.3 is 20.6 Å². The van der Waals surface area contributed by atoms with E-state index in [1.54, 1.807) is 18.2 Å². The maximum Gasteiger partial charge on any atom is 0.323 e. The number of aromatic amines is 2. The summed E-state index contributed by atoms with van der Waals surface area (Å²) in [6.07, 6.45) is 3.07. The van der Waals surface area contributed by atoms with Crippen LogP contribution in [0, 0.1) is 0 Å². The first-order valence-corrected chi connectivity index (χ1v) is 6.49. The van der Waals surface area contributed by atoms with Crippen LogP contribution in [0.3, 0.4) is 0 Å². The number of nitrogens with one attached hydrogen (secondary N) is 4. The van der Waals surface area contributed by atoms with Crippen LogP contribution in [0.1, 0.15) is 19.3 Å². The zero-order chi connectivity index (χ0) is 13.2. The molecule has 1 fully saturated rings. The van der Waals surface area contributed by atoms with Crippen molar-refractivity contribution in [1.29, 1.82) is 0 Å². The molecule has 6 nitrogen and oxygen atoms in total. The predicted molar refractivity (Wildman–Crippen MR) is 73.2 cm³/mol. The van der Waals surface area contributed by atoms with E-state index in [-0.39, 0.29) is 17.6 Å². The highest BCUT2D eigenvalue weighted by atomic mass is 16.2. The molecule has 2 heterocycles. The van der Waals surface area contributed by atoms with Crippen LogP contribution < -0.4 is 16.3 Å². The molecule has 6 heteroatoms. The lowest BCUT2D eigenvalue weighted by Gasteiger charge is -2.22. The number of carbonyl (C=O) groups excluding carboxylic acids is 1. The first kappa shape index (κ1) is 12.0. The lowest BCUT2D eigenvalue weighted by molar-refractivity contribution is -0.118. The number of benzene rings is 1. The maximum absolute atomic E-state index is 12.1. The molecular weight excluding hydrogens is 244 g/mol. The highest BCUT2D eigenvalue weighted by Crippen LogP contribution is 2.16. The molecule has 0 bridgehead atoms. The molecule has 1 aromatic heterocycles. The summed E-state index contributed by atoms with van der Waals surface area (Å²) in [6.45, 7) is 0.891. The first-order chi connectivity index (χ1) is 9.22. The molecule has 100 valence electrons. The van der Waals surface area contributed by atoms with E-state index in [0.717, 1.165) is 31.3 Å². The van der Waals surface area contributed by atoms with Crippen molar-refractivity contribution in [2.75, 3.05) is 11.9 Å². The van der Waals surface area contributed by atoms with Gasteiger partial charge in [-0.15, -0.1) is 0 Å². The maximum atomic E-state index is 12.1. The van der Waals surface area contributed by atoms with Gasteiger partial charge in [-0.1, -0.05) is 6.42 Å². The number of H-pyrrole nitrogens is 2. The Morgan fingerprint density at radius 3 is 2.84 bits per heavy atom. The second-order valence-electron chi connectivity index (χ2n) is 4.83. The molecule has 1 aliphatic rings. The lowest BCUT2D eigenvalue weighted by Crippen LogP contribution is -2.43. The van der Waals surface area contributed by atoms with Crippen molar-refractivity contribution in [2.24, 2.45) is 0 Å². The highest BCUT2D eigenvalue weighted by Gasteiger charge is 2.20. The summed E-state index contributed by atoms with van der Waals surface area (Å²) in [4.78, 5) is 28.6. The lowest BCUT2D eigenvalue weighted by atomic mass is 10.0.